The SMILES string of the molecule is CC(C)C(C1CNC1)N(N)C(=O)O. The highest BCUT2D eigenvalue weighted by molar-refractivity contribution is 5.64. The Kier molecular flexibility index (Phi) is 3.11. The molecule has 0 saturated carbocycles. The van der Waals surface area contributed by atoms with Crippen molar-refractivity contribution >= 4 is 6.09 Å². The van der Waals surface area contributed by atoms with E-state index in [0.29, 0.717) is 5.92 Å². The van der Waals surface area contributed by atoms with E-state index >= 15 is 0 Å². The first kappa shape index (κ1) is 10.3. The summed E-state index contributed by atoms with van der Waals surface area (Å²) in [5.74, 6) is 6.10. The highest BCUT2D eigenvalue weighted by atomic mass is 16.4. The van der Waals surface area contributed by atoms with Gasteiger partial charge in [-0.15, -0.1) is 0 Å². The molecule has 1 amide bonds. The molecule has 4 N–H and O–H groups in total. The van der Waals surface area contributed by atoms with Gasteiger partial charge in [-0.05, 0) is 5.92 Å². The smallest absolute Gasteiger partial charge is 0.421 e. The summed E-state index contributed by atoms with van der Waals surface area (Å²) in [5.41, 5.74) is 0. The number of carbonyl (C=O) groups is 1. The van der Waals surface area contributed by atoms with Crippen molar-refractivity contribution < 1.29 is 9.90 Å². The fourth-order valence-corrected chi connectivity index (χ4v) is 1.77. The fourth-order valence-electron chi connectivity index (χ4n) is 1.77. The average molecular weight is 187 g/mol. The number of hydrogen-bond acceptors (Lipinski definition) is 3. The molecule has 0 radical (unpaired) electrons. The van der Waals surface area contributed by atoms with Crippen LogP contribution in [0.3, 0.4) is 0 Å². The predicted octanol–water partition coefficient (Wildman–Crippen LogP) is 0.0841. The molecule has 0 aromatic heterocycles. The van der Waals surface area contributed by atoms with Gasteiger partial charge in [-0.2, -0.15) is 0 Å². The van der Waals surface area contributed by atoms with Crippen molar-refractivity contribution in [3.63, 3.8) is 0 Å². The van der Waals surface area contributed by atoms with E-state index in [1.807, 2.05) is 13.8 Å². The largest absolute Gasteiger partial charge is 0.464 e. The zero-order valence-electron chi connectivity index (χ0n) is 8.03. The van der Waals surface area contributed by atoms with Gasteiger partial charge in [0.05, 0.1) is 6.04 Å². The van der Waals surface area contributed by atoms with Crippen LogP contribution in [0.4, 0.5) is 4.79 Å². The van der Waals surface area contributed by atoms with E-state index in [1.165, 1.54) is 0 Å². The molecule has 1 atom stereocenters. The number of nitrogens with two attached hydrogens (primary N) is 1. The van der Waals surface area contributed by atoms with Crippen molar-refractivity contribution in [1.29, 1.82) is 0 Å². The molecule has 0 aromatic carbocycles. The molecule has 5 nitrogen and oxygen atoms in total. The van der Waals surface area contributed by atoms with Gasteiger partial charge >= 0.3 is 6.09 Å². The maximum absolute atomic E-state index is 10.7. The van der Waals surface area contributed by atoms with Gasteiger partial charge in [0.15, 0.2) is 0 Å². The molecule has 1 fully saturated rings. The van der Waals surface area contributed by atoms with Crippen LogP contribution in [0.2, 0.25) is 0 Å². The van der Waals surface area contributed by atoms with Crippen molar-refractivity contribution in [3.05, 3.63) is 0 Å². The number of hydrazine groups is 1. The van der Waals surface area contributed by atoms with Crippen molar-refractivity contribution in [1.82, 2.24) is 10.3 Å². The molecule has 1 unspecified atom stereocenters. The normalized spacial score (nSPS) is 19.7. The second-order valence-corrected chi connectivity index (χ2v) is 3.84. The van der Waals surface area contributed by atoms with Crippen LogP contribution in [0.1, 0.15) is 13.8 Å². The van der Waals surface area contributed by atoms with Gasteiger partial charge in [0.25, 0.3) is 0 Å². The second-order valence-electron chi connectivity index (χ2n) is 3.84. The molecule has 76 valence electrons. The van der Waals surface area contributed by atoms with Gasteiger partial charge in [-0.25, -0.2) is 15.6 Å². The Morgan fingerprint density at radius 1 is 1.62 bits per heavy atom. The Hall–Kier alpha value is -0.810. The van der Waals surface area contributed by atoms with E-state index in [4.69, 9.17) is 10.9 Å². The van der Waals surface area contributed by atoms with Crippen molar-refractivity contribution in [2.24, 2.45) is 17.7 Å². The molecule has 5 heteroatoms. The molecule has 1 saturated heterocycles. The molecule has 1 aliphatic heterocycles. The summed E-state index contributed by atoms with van der Waals surface area (Å²) < 4.78 is 0. The third-order valence-corrected chi connectivity index (χ3v) is 2.52. The lowest BCUT2D eigenvalue weighted by Gasteiger charge is -2.40. The van der Waals surface area contributed by atoms with Gasteiger partial charge < -0.3 is 10.4 Å². The Balaban J connectivity index is 2.60. The van der Waals surface area contributed by atoms with Crippen LogP contribution in [-0.2, 0) is 0 Å². The average Bonchev–Trinajstić information content (AvgIpc) is 1.94. The van der Waals surface area contributed by atoms with E-state index in [9.17, 15) is 4.79 Å². The van der Waals surface area contributed by atoms with Crippen LogP contribution >= 0.6 is 0 Å². The van der Waals surface area contributed by atoms with Crippen LogP contribution < -0.4 is 11.2 Å². The molecular weight excluding hydrogens is 170 g/mol. The van der Waals surface area contributed by atoms with Gasteiger partial charge in [0, 0.05) is 19.0 Å². The molecule has 0 bridgehead atoms. The second kappa shape index (κ2) is 3.93. The van der Waals surface area contributed by atoms with Crippen LogP contribution in [0.5, 0.6) is 0 Å². The number of rotatable bonds is 3. The molecule has 1 aliphatic rings. The summed E-state index contributed by atoms with van der Waals surface area (Å²) in [6.07, 6.45) is -1.05. The first-order valence-corrected chi connectivity index (χ1v) is 4.51. The first-order valence-electron chi connectivity index (χ1n) is 4.51. The molecule has 1 heterocycles. The van der Waals surface area contributed by atoms with Crippen LogP contribution in [-0.4, -0.2) is 35.3 Å². The van der Waals surface area contributed by atoms with Crippen molar-refractivity contribution in [2.75, 3.05) is 13.1 Å². The Bertz CT molecular complexity index is 192. The molecule has 1 rings (SSSR count). The number of carboxylic acid groups (broad SMARTS) is 1. The predicted molar refractivity (Wildman–Crippen MR) is 49.0 cm³/mol. The van der Waals surface area contributed by atoms with E-state index in [1.54, 1.807) is 0 Å². The maximum Gasteiger partial charge on any atom is 0.421 e. The topological polar surface area (TPSA) is 78.6 Å². The Morgan fingerprint density at radius 3 is 2.38 bits per heavy atom. The Morgan fingerprint density at radius 2 is 2.15 bits per heavy atom. The van der Waals surface area contributed by atoms with E-state index < -0.39 is 6.09 Å². The summed E-state index contributed by atoms with van der Waals surface area (Å²) in [5, 5.41) is 12.8. The molecule has 0 aromatic rings. The highest BCUT2D eigenvalue weighted by Crippen LogP contribution is 2.20. The third-order valence-electron chi connectivity index (χ3n) is 2.52. The number of nitrogens with one attached hydrogen (secondary N) is 1. The minimum Gasteiger partial charge on any atom is -0.464 e. The third kappa shape index (κ3) is 2.10. The number of nitrogens with zero attached hydrogens (tertiary/aromatic N) is 1. The lowest BCUT2D eigenvalue weighted by atomic mass is 9.86. The maximum atomic E-state index is 10.7. The van der Waals surface area contributed by atoms with Crippen LogP contribution in [0.25, 0.3) is 0 Å². The number of hydrogen-bond donors (Lipinski definition) is 3. The minimum atomic E-state index is -1.05. The van der Waals surface area contributed by atoms with Gasteiger partial charge in [0.2, 0.25) is 0 Å². The van der Waals surface area contributed by atoms with Crippen molar-refractivity contribution in [3.8, 4) is 0 Å². The molecule has 13 heavy (non-hydrogen) atoms. The molecule has 0 aliphatic carbocycles. The standard InChI is InChI=1S/C8H17N3O2/c1-5(2)7(6-3-10-4-6)11(9)8(12)13/h5-7,10H,3-4,9H2,1-2H3,(H,12,13). The number of amides is 1. The summed E-state index contributed by atoms with van der Waals surface area (Å²) in [6.45, 7) is 5.71. The summed E-state index contributed by atoms with van der Waals surface area (Å²) >= 11 is 0. The van der Waals surface area contributed by atoms with Crippen LogP contribution in [0.15, 0.2) is 0 Å². The Labute approximate surface area is 77.9 Å². The van der Waals surface area contributed by atoms with Crippen LogP contribution in [0, 0.1) is 11.8 Å². The van der Waals surface area contributed by atoms with E-state index in [0.717, 1.165) is 18.1 Å². The van der Waals surface area contributed by atoms with Crippen molar-refractivity contribution in [2.45, 2.75) is 19.9 Å². The van der Waals surface area contributed by atoms with Gasteiger partial charge in [0.1, 0.15) is 0 Å². The van der Waals surface area contributed by atoms with Gasteiger partial charge in [-0.3, -0.25) is 0 Å². The molecular formula is C8H17N3O2. The van der Waals surface area contributed by atoms with E-state index in [2.05, 4.69) is 5.32 Å². The minimum absolute atomic E-state index is 0.0706. The van der Waals surface area contributed by atoms with Gasteiger partial charge in [-0.1, -0.05) is 13.8 Å². The zero-order chi connectivity index (χ0) is 10.0. The summed E-state index contributed by atoms with van der Waals surface area (Å²) in [6, 6.07) is -0.0706. The molecule has 0 spiro atoms. The lowest BCUT2D eigenvalue weighted by molar-refractivity contribution is 0.0671. The quantitative estimate of drug-likeness (QED) is 0.332. The lowest BCUT2D eigenvalue weighted by Crippen LogP contribution is -2.59. The highest BCUT2D eigenvalue weighted by Gasteiger charge is 2.34. The fraction of sp³-hybridized carbons (Fsp3) is 0.875. The first-order chi connectivity index (χ1) is 6.04. The summed E-state index contributed by atoms with van der Waals surface area (Å²) in [4.78, 5) is 10.7. The monoisotopic (exact) mass is 187 g/mol. The van der Waals surface area contributed by atoms with E-state index in [-0.39, 0.29) is 12.0 Å². The summed E-state index contributed by atoms with van der Waals surface area (Å²) in [7, 11) is 0. The zero-order valence-corrected chi connectivity index (χ0v) is 8.03.